The number of ether oxygens (including phenoxy) is 1. The average Bonchev–Trinajstić information content (AvgIpc) is 3.92. The predicted octanol–water partition coefficient (Wildman–Crippen LogP) is 14.5. The van der Waals surface area contributed by atoms with E-state index >= 15 is 0 Å². The Balaban J connectivity index is 1.16. The van der Waals surface area contributed by atoms with Gasteiger partial charge in [0, 0.05) is 59.1 Å². The van der Waals surface area contributed by atoms with Gasteiger partial charge >= 0.3 is 0 Å². The zero-order chi connectivity index (χ0) is 45.7. The molecule has 0 unspecified atom stereocenters. The summed E-state index contributed by atoms with van der Waals surface area (Å²) in [6.07, 6.45) is 0.103. The lowest BCUT2D eigenvalue weighted by Crippen LogP contribution is -2.52. The van der Waals surface area contributed by atoms with Crippen LogP contribution in [-0.2, 0) is 22.1 Å². The number of fused-ring (bicyclic) bond motifs is 9. The Kier molecular flexibility index (Phi) is 7.83. The highest BCUT2D eigenvalue weighted by Gasteiger charge is 2.67. The molecular formula is C58H56N4O. The lowest BCUT2D eigenvalue weighted by atomic mass is 9.65. The number of aromatic nitrogens is 3. The zero-order valence-electron chi connectivity index (χ0n) is 40.3. The Morgan fingerprint density at radius 3 is 2.10 bits per heavy atom. The van der Waals surface area contributed by atoms with Gasteiger partial charge < -0.3 is 9.30 Å². The summed E-state index contributed by atoms with van der Waals surface area (Å²) in [5.74, 6) is 0.474. The summed E-state index contributed by atoms with van der Waals surface area (Å²) in [5.41, 5.74) is 13.7. The number of hydrogen-bond acceptors (Lipinski definition) is 3. The van der Waals surface area contributed by atoms with Gasteiger partial charge in [0.15, 0.2) is 5.60 Å². The lowest BCUT2D eigenvalue weighted by molar-refractivity contribution is -0.0724. The van der Waals surface area contributed by atoms with Crippen molar-refractivity contribution in [3.05, 3.63) is 172 Å². The number of rotatable bonds is 4. The van der Waals surface area contributed by atoms with E-state index < -0.39 is 22.9 Å². The molecule has 63 heavy (non-hydrogen) atoms. The van der Waals surface area contributed by atoms with Crippen molar-refractivity contribution >= 4 is 49.6 Å². The molecule has 0 saturated carbocycles. The maximum absolute atomic E-state index is 9.83. The molecule has 314 valence electrons. The van der Waals surface area contributed by atoms with Gasteiger partial charge in [-0.2, -0.15) is 0 Å². The Morgan fingerprint density at radius 1 is 0.619 bits per heavy atom. The van der Waals surface area contributed by atoms with E-state index in [1.165, 1.54) is 27.5 Å². The first-order valence-corrected chi connectivity index (χ1v) is 22.3. The van der Waals surface area contributed by atoms with Crippen LogP contribution in [0.4, 0.5) is 0 Å². The second-order valence-electron chi connectivity index (χ2n) is 20.5. The maximum Gasteiger partial charge on any atom is 0.217 e. The number of aliphatic imine (C=N–C) groups is 1. The summed E-state index contributed by atoms with van der Waals surface area (Å²) >= 11 is 0. The number of pyridine rings is 1. The van der Waals surface area contributed by atoms with Gasteiger partial charge in [0.25, 0.3) is 0 Å². The van der Waals surface area contributed by atoms with E-state index in [1.54, 1.807) is 0 Å². The first-order chi connectivity index (χ1) is 30.7. The molecule has 2 aliphatic rings. The van der Waals surface area contributed by atoms with Gasteiger partial charge in [0.2, 0.25) is 5.90 Å². The van der Waals surface area contributed by atoms with E-state index in [1.807, 2.05) is 25.3 Å². The van der Waals surface area contributed by atoms with Gasteiger partial charge in [-0.25, -0.2) is 9.98 Å². The topological polar surface area (TPSA) is 44.3 Å². The third-order valence-electron chi connectivity index (χ3n) is 14.1. The number of aryl methyl sites for hydroxylation is 4. The van der Waals surface area contributed by atoms with Crippen molar-refractivity contribution in [2.75, 3.05) is 0 Å². The smallest absolute Gasteiger partial charge is 0.217 e. The van der Waals surface area contributed by atoms with Crippen molar-refractivity contribution in [2.24, 2.45) is 10.4 Å². The molecule has 5 heteroatoms. The fourth-order valence-electron chi connectivity index (χ4n) is 10.9. The second-order valence-corrected chi connectivity index (χ2v) is 20.5. The van der Waals surface area contributed by atoms with Crippen molar-refractivity contribution in [1.29, 1.82) is 0 Å². The Morgan fingerprint density at radius 2 is 1.33 bits per heavy atom. The molecule has 1 aliphatic carbocycles. The molecule has 0 spiro atoms. The number of benzene rings is 6. The van der Waals surface area contributed by atoms with Crippen LogP contribution in [0.1, 0.15) is 95.7 Å². The minimum absolute atomic E-state index is 0.231. The molecule has 0 N–H and O–H groups in total. The van der Waals surface area contributed by atoms with Gasteiger partial charge in [-0.05, 0) is 146 Å². The van der Waals surface area contributed by atoms with Crippen LogP contribution in [0, 0.1) is 33.1 Å². The van der Waals surface area contributed by atoms with E-state index in [9.17, 15) is 2.74 Å². The van der Waals surface area contributed by atoms with E-state index in [4.69, 9.17) is 14.7 Å². The maximum atomic E-state index is 9.83. The van der Waals surface area contributed by atoms with Crippen LogP contribution in [0.3, 0.4) is 0 Å². The summed E-state index contributed by atoms with van der Waals surface area (Å²) in [4.78, 5) is 10.5. The number of hydrogen-bond donors (Lipinski definition) is 0. The molecule has 1 aliphatic heterocycles. The summed E-state index contributed by atoms with van der Waals surface area (Å²) in [6.45, 7) is 23.7. The molecule has 6 aromatic carbocycles. The van der Waals surface area contributed by atoms with Crippen LogP contribution in [0.25, 0.3) is 66.2 Å². The van der Waals surface area contributed by atoms with E-state index in [2.05, 4.69) is 188 Å². The molecule has 9 aromatic rings. The summed E-state index contributed by atoms with van der Waals surface area (Å²) in [7, 11) is 0. The fraction of sp³-hybridized carbons (Fsp3) is 0.276. The fourth-order valence-corrected chi connectivity index (χ4v) is 10.9. The van der Waals surface area contributed by atoms with E-state index in [0.29, 0.717) is 11.5 Å². The van der Waals surface area contributed by atoms with Crippen LogP contribution >= 0.6 is 0 Å². The molecule has 5 nitrogen and oxygen atoms in total. The Bertz CT molecular complexity index is 3520. The third kappa shape index (κ3) is 5.67. The standard InChI is InChI=1S/C58H56N4O/c1-34-19-21-49-45(24-34)46-26-37(4)51(62-50-22-20-39(38-16-13-12-14-17-38)30-47(50)44-18-15-23-59-53(44)62)32-52(46)61(49)43-29-40(28-42(31-43)55(5,6)7)54-60-57(11)33-41-25-35(2)36(3)27-48(41)58(57,63-54)56(8,9)10/h12-32H,33H2,1-11H3/t57-,58-/m1/s1/i33D2. The first-order valence-electron chi connectivity index (χ1n) is 23.3. The quantitative estimate of drug-likeness (QED) is 0.177. The zero-order valence-corrected chi connectivity index (χ0v) is 38.3. The minimum atomic E-state index is -1.79. The molecular weight excluding hydrogens is 769 g/mol. The van der Waals surface area contributed by atoms with Crippen LogP contribution in [0.5, 0.6) is 0 Å². The van der Waals surface area contributed by atoms with Crippen LogP contribution < -0.4 is 0 Å². The van der Waals surface area contributed by atoms with Crippen molar-refractivity contribution in [1.82, 2.24) is 14.1 Å². The molecule has 2 atom stereocenters. The van der Waals surface area contributed by atoms with Gasteiger partial charge in [0.05, 0.1) is 22.2 Å². The number of nitrogens with zero attached hydrogens (tertiary/aromatic N) is 4. The molecule has 0 fully saturated rings. The average molecular weight is 827 g/mol. The Hall–Kier alpha value is -6.46. The van der Waals surface area contributed by atoms with Crippen molar-refractivity contribution in [3.63, 3.8) is 0 Å². The molecule has 0 saturated heterocycles. The van der Waals surface area contributed by atoms with Gasteiger partial charge in [-0.1, -0.05) is 102 Å². The highest BCUT2D eigenvalue weighted by atomic mass is 16.5. The van der Waals surface area contributed by atoms with Crippen molar-refractivity contribution in [3.8, 4) is 22.5 Å². The van der Waals surface area contributed by atoms with Gasteiger partial charge in [-0.15, -0.1) is 0 Å². The monoisotopic (exact) mass is 826 g/mol. The summed E-state index contributed by atoms with van der Waals surface area (Å²) in [6, 6.07) is 43.9. The molecule has 0 amide bonds. The normalized spacial score (nSPS) is 20.0. The first kappa shape index (κ1) is 37.1. The minimum Gasteiger partial charge on any atom is -0.463 e. The van der Waals surface area contributed by atoms with E-state index in [-0.39, 0.29) is 5.41 Å². The molecule has 11 rings (SSSR count). The van der Waals surface area contributed by atoms with Crippen LogP contribution in [0.2, 0.25) is 0 Å². The molecule has 4 heterocycles. The molecule has 3 aromatic heterocycles. The van der Waals surface area contributed by atoms with Crippen molar-refractivity contribution in [2.45, 2.75) is 99.1 Å². The van der Waals surface area contributed by atoms with Crippen LogP contribution in [0.15, 0.2) is 133 Å². The SMILES string of the molecule is [2H]C1([2H])c2cc(C)c(C)cc2[C@]2(C(C)(C)C)OC(c3cc(-n4c5ccc(C)cc5c5cc(C)c(-n6c7ccc(-c8ccccc8)cc7c7cccnc76)cc54)cc(C(C)(C)C)c3)=N[C@]12C. The highest BCUT2D eigenvalue weighted by Crippen LogP contribution is 2.61. The van der Waals surface area contributed by atoms with Crippen LogP contribution in [-0.4, -0.2) is 25.6 Å². The van der Waals surface area contributed by atoms with Crippen molar-refractivity contribution < 1.29 is 7.48 Å². The summed E-state index contributed by atoms with van der Waals surface area (Å²) in [5, 5.41) is 4.63. The highest BCUT2D eigenvalue weighted by molar-refractivity contribution is 6.12. The van der Waals surface area contributed by atoms with Gasteiger partial charge in [-0.3, -0.25) is 4.57 Å². The largest absolute Gasteiger partial charge is 0.463 e. The Labute approximate surface area is 373 Å². The van der Waals surface area contributed by atoms with Gasteiger partial charge in [0.1, 0.15) is 11.2 Å². The van der Waals surface area contributed by atoms with E-state index in [0.717, 1.165) is 77.7 Å². The third-order valence-corrected chi connectivity index (χ3v) is 14.1. The molecule has 0 bridgehead atoms. The second kappa shape index (κ2) is 13.3. The lowest BCUT2D eigenvalue weighted by Gasteiger charge is -2.46. The predicted molar refractivity (Wildman–Crippen MR) is 263 cm³/mol. The summed E-state index contributed by atoms with van der Waals surface area (Å²) < 4.78 is 31.8. The molecule has 0 radical (unpaired) electrons.